The maximum Gasteiger partial charge on any atom is 0.127 e. The summed E-state index contributed by atoms with van der Waals surface area (Å²) in [6.07, 6.45) is -0.831. The van der Waals surface area contributed by atoms with Crippen LogP contribution in [0.4, 0.5) is 4.39 Å². The molecule has 1 atom stereocenters. The van der Waals surface area contributed by atoms with Gasteiger partial charge in [0.15, 0.2) is 0 Å². The summed E-state index contributed by atoms with van der Waals surface area (Å²) in [5.74, 6) is -0.431. The predicted molar refractivity (Wildman–Crippen MR) is 79.2 cm³/mol. The third-order valence-electron chi connectivity index (χ3n) is 2.78. The molecule has 0 aliphatic carbocycles. The van der Waals surface area contributed by atoms with Gasteiger partial charge in [0.25, 0.3) is 0 Å². The number of aliphatic hydroxyl groups is 1. The van der Waals surface area contributed by atoms with Gasteiger partial charge < -0.3 is 5.11 Å². The zero-order chi connectivity index (χ0) is 14.0. The molecular weight excluding hydrogens is 354 g/mol. The number of halogens is 4. The van der Waals surface area contributed by atoms with Crippen LogP contribution < -0.4 is 0 Å². The van der Waals surface area contributed by atoms with Crippen molar-refractivity contribution in [2.24, 2.45) is 0 Å². The normalized spacial score (nSPS) is 12.5. The minimum absolute atomic E-state index is 0.0762. The highest BCUT2D eigenvalue weighted by Crippen LogP contribution is 2.31. The van der Waals surface area contributed by atoms with Crippen molar-refractivity contribution in [2.75, 3.05) is 0 Å². The molecule has 2 rings (SSSR count). The summed E-state index contributed by atoms with van der Waals surface area (Å²) < 4.78 is 14.5. The zero-order valence-electron chi connectivity index (χ0n) is 9.71. The molecule has 0 aromatic heterocycles. The third-order valence-corrected chi connectivity index (χ3v) is 3.96. The highest BCUT2D eigenvalue weighted by Gasteiger charge is 2.16. The van der Waals surface area contributed by atoms with Crippen molar-refractivity contribution in [3.05, 3.63) is 67.9 Å². The Morgan fingerprint density at radius 1 is 1.16 bits per heavy atom. The van der Waals surface area contributed by atoms with Crippen molar-refractivity contribution in [1.82, 2.24) is 0 Å². The van der Waals surface area contributed by atoms with E-state index in [1.54, 1.807) is 24.3 Å². The molecule has 1 N–H and O–H groups in total. The van der Waals surface area contributed by atoms with E-state index in [-0.39, 0.29) is 12.0 Å². The Balaban J connectivity index is 2.28. The highest BCUT2D eigenvalue weighted by atomic mass is 79.9. The summed E-state index contributed by atoms with van der Waals surface area (Å²) in [7, 11) is 0. The summed E-state index contributed by atoms with van der Waals surface area (Å²) >= 11 is 15.3. The second-order valence-electron chi connectivity index (χ2n) is 4.09. The fourth-order valence-corrected chi connectivity index (χ4v) is 2.84. The van der Waals surface area contributed by atoms with Gasteiger partial charge in [-0.25, -0.2) is 4.39 Å². The van der Waals surface area contributed by atoms with Crippen LogP contribution in [0.5, 0.6) is 0 Å². The van der Waals surface area contributed by atoms with Crippen molar-refractivity contribution in [1.29, 1.82) is 0 Å². The lowest BCUT2D eigenvalue weighted by Crippen LogP contribution is -2.05. The fraction of sp³-hybridized carbons (Fsp3) is 0.143. The third kappa shape index (κ3) is 3.48. The first-order valence-corrected chi connectivity index (χ1v) is 7.10. The fourth-order valence-electron chi connectivity index (χ4n) is 1.80. The lowest BCUT2D eigenvalue weighted by molar-refractivity contribution is 0.177. The Labute approximate surface area is 129 Å². The predicted octanol–water partition coefficient (Wildman–Crippen LogP) is 5.17. The van der Waals surface area contributed by atoms with E-state index in [0.717, 1.165) is 4.47 Å². The first-order valence-electron chi connectivity index (χ1n) is 5.55. The van der Waals surface area contributed by atoms with Gasteiger partial charge in [-0.1, -0.05) is 51.3 Å². The molecule has 1 nitrogen and oxygen atoms in total. The molecule has 0 bridgehead atoms. The van der Waals surface area contributed by atoms with Crippen LogP contribution in [0.15, 0.2) is 40.9 Å². The first kappa shape index (κ1) is 14.8. The molecule has 0 heterocycles. The van der Waals surface area contributed by atoms with Crippen LogP contribution >= 0.6 is 39.1 Å². The molecule has 0 fully saturated rings. The van der Waals surface area contributed by atoms with Gasteiger partial charge in [0, 0.05) is 26.5 Å². The van der Waals surface area contributed by atoms with Crippen molar-refractivity contribution in [2.45, 2.75) is 12.5 Å². The van der Waals surface area contributed by atoms with Crippen molar-refractivity contribution >= 4 is 39.1 Å². The molecule has 19 heavy (non-hydrogen) atoms. The number of rotatable bonds is 3. The van der Waals surface area contributed by atoms with E-state index in [1.807, 2.05) is 0 Å². The van der Waals surface area contributed by atoms with E-state index in [2.05, 4.69) is 15.9 Å². The Kier molecular flexibility index (Phi) is 4.85. The van der Waals surface area contributed by atoms with Gasteiger partial charge in [0.1, 0.15) is 5.82 Å². The Morgan fingerprint density at radius 3 is 2.53 bits per heavy atom. The van der Waals surface area contributed by atoms with Gasteiger partial charge in [-0.05, 0) is 29.8 Å². The molecule has 2 aromatic carbocycles. The number of aliphatic hydroxyl groups excluding tert-OH is 1. The molecule has 1 unspecified atom stereocenters. The molecule has 2 aromatic rings. The van der Waals surface area contributed by atoms with Gasteiger partial charge in [-0.2, -0.15) is 0 Å². The monoisotopic (exact) mass is 362 g/mol. The summed E-state index contributed by atoms with van der Waals surface area (Å²) in [4.78, 5) is 0. The molecule has 0 saturated heterocycles. The second kappa shape index (κ2) is 6.23. The molecule has 0 aliphatic rings. The van der Waals surface area contributed by atoms with E-state index in [0.29, 0.717) is 15.6 Å². The van der Waals surface area contributed by atoms with Gasteiger partial charge in [0.2, 0.25) is 0 Å². The van der Waals surface area contributed by atoms with Crippen LogP contribution in [-0.4, -0.2) is 5.11 Å². The standard InChI is InChI=1S/C14H10BrCl2FO/c15-8-4-5-9(12(17)6-8)14(19)7-10-11(16)2-1-3-13(10)18/h1-6,14,19H,7H2. The van der Waals surface area contributed by atoms with Gasteiger partial charge >= 0.3 is 0 Å². The van der Waals surface area contributed by atoms with E-state index in [1.165, 1.54) is 12.1 Å². The van der Waals surface area contributed by atoms with Gasteiger partial charge in [-0.3, -0.25) is 0 Å². The SMILES string of the molecule is OC(Cc1c(F)cccc1Cl)c1ccc(Br)cc1Cl. The Morgan fingerprint density at radius 2 is 1.89 bits per heavy atom. The number of benzene rings is 2. The van der Waals surface area contributed by atoms with Gasteiger partial charge in [-0.15, -0.1) is 0 Å². The Bertz CT molecular complexity index is 584. The summed E-state index contributed by atoms with van der Waals surface area (Å²) in [6.45, 7) is 0. The van der Waals surface area contributed by atoms with Crippen LogP contribution in [0, 0.1) is 5.82 Å². The average molecular weight is 364 g/mol. The zero-order valence-corrected chi connectivity index (χ0v) is 12.8. The molecule has 0 saturated carbocycles. The largest absolute Gasteiger partial charge is 0.388 e. The van der Waals surface area contributed by atoms with Crippen molar-refractivity contribution in [3.8, 4) is 0 Å². The molecule has 0 aliphatic heterocycles. The summed E-state index contributed by atoms with van der Waals surface area (Å²) in [6, 6.07) is 9.59. The van der Waals surface area contributed by atoms with E-state index in [9.17, 15) is 9.50 Å². The Hall–Kier alpha value is -0.610. The first-order chi connectivity index (χ1) is 8.99. The maximum atomic E-state index is 13.7. The summed E-state index contributed by atoms with van der Waals surface area (Å²) in [5.41, 5.74) is 0.833. The molecular formula is C14H10BrCl2FO. The minimum Gasteiger partial charge on any atom is -0.388 e. The quantitative estimate of drug-likeness (QED) is 0.797. The van der Waals surface area contributed by atoms with E-state index >= 15 is 0 Å². The average Bonchev–Trinajstić information content (AvgIpc) is 2.33. The smallest absolute Gasteiger partial charge is 0.127 e. The van der Waals surface area contributed by atoms with Crippen molar-refractivity contribution in [3.63, 3.8) is 0 Å². The molecule has 0 amide bonds. The molecule has 0 radical (unpaired) electrons. The van der Waals surface area contributed by atoms with Crippen LogP contribution in [0.25, 0.3) is 0 Å². The van der Waals surface area contributed by atoms with Crippen LogP contribution in [-0.2, 0) is 6.42 Å². The highest BCUT2D eigenvalue weighted by molar-refractivity contribution is 9.10. The second-order valence-corrected chi connectivity index (χ2v) is 5.82. The molecule has 0 spiro atoms. The van der Waals surface area contributed by atoms with Crippen molar-refractivity contribution < 1.29 is 9.50 Å². The lowest BCUT2D eigenvalue weighted by atomic mass is 10.0. The minimum atomic E-state index is -0.907. The number of hydrogen-bond acceptors (Lipinski definition) is 1. The molecule has 100 valence electrons. The maximum absolute atomic E-state index is 13.7. The topological polar surface area (TPSA) is 20.2 Å². The van der Waals surface area contributed by atoms with Gasteiger partial charge in [0.05, 0.1) is 6.10 Å². The van der Waals surface area contributed by atoms with Crippen LogP contribution in [0.2, 0.25) is 10.0 Å². The van der Waals surface area contributed by atoms with Crippen LogP contribution in [0.3, 0.4) is 0 Å². The summed E-state index contributed by atoms with van der Waals surface area (Å²) in [5, 5.41) is 10.9. The number of hydrogen-bond donors (Lipinski definition) is 1. The van der Waals surface area contributed by atoms with E-state index < -0.39 is 11.9 Å². The lowest BCUT2D eigenvalue weighted by Gasteiger charge is -2.14. The van der Waals surface area contributed by atoms with Crippen LogP contribution in [0.1, 0.15) is 17.2 Å². The molecule has 5 heteroatoms. The van der Waals surface area contributed by atoms with E-state index in [4.69, 9.17) is 23.2 Å².